The summed E-state index contributed by atoms with van der Waals surface area (Å²) in [4.78, 5) is 17.0. The maximum absolute atomic E-state index is 11.1. The Balaban J connectivity index is 2.28. The van der Waals surface area contributed by atoms with Gasteiger partial charge in [0.2, 0.25) is 0 Å². The highest BCUT2D eigenvalue weighted by molar-refractivity contribution is 7.09. The van der Waals surface area contributed by atoms with E-state index in [1.165, 1.54) is 0 Å². The third kappa shape index (κ3) is 3.08. The number of nitro benzene ring substituents is 1. The number of rotatable bonds is 4. The third-order valence-electron chi connectivity index (χ3n) is 2.78. The number of aryl methyl sites for hydroxylation is 2. The second kappa shape index (κ2) is 5.36. The van der Waals surface area contributed by atoms with Gasteiger partial charge in [0.25, 0.3) is 5.69 Å². The van der Waals surface area contributed by atoms with Crippen LogP contribution in [0.25, 0.3) is 0 Å². The molecule has 2 aromatic rings. The lowest BCUT2D eigenvalue weighted by Gasteiger charge is -2.18. The molecule has 1 heterocycles. The molecule has 1 aromatic heterocycles. The Morgan fingerprint density at radius 1 is 1.42 bits per heavy atom. The van der Waals surface area contributed by atoms with Crippen LogP contribution in [0.4, 0.5) is 11.4 Å². The van der Waals surface area contributed by atoms with Crippen molar-refractivity contribution in [1.82, 2.24) is 4.98 Å². The van der Waals surface area contributed by atoms with E-state index in [9.17, 15) is 10.1 Å². The van der Waals surface area contributed by atoms with Crippen LogP contribution in [-0.4, -0.2) is 17.0 Å². The molecule has 0 radical (unpaired) electrons. The van der Waals surface area contributed by atoms with Crippen LogP contribution in [-0.2, 0) is 6.54 Å². The standard InChI is InChI=1S/C13H15N3O2S/c1-9-4-5-11(12(6-9)16(17)18)15(3)7-13-14-10(2)8-19-13/h4-6,8H,7H2,1-3H3. The lowest BCUT2D eigenvalue weighted by Crippen LogP contribution is -2.17. The van der Waals surface area contributed by atoms with Crippen molar-refractivity contribution in [3.8, 4) is 0 Å². The van der Waals surface area contributed by atoms with Gasteiger partial charge in [-0.1, -0.05) is 6.07 Å². The number of hydrogen-bond donors (Lipinski definition) is 0. The van der Waals surface area contributed by atoms with Crippen LogP contribution in [0.2, 0.25) is 0 Å². The van der Waals surface area contributed by atoms with E-state index >= 15 is 0 Å². The van der Waals surface area contributed by atoms with Gasteiger partial charge in [-0.25, -0.2) is 4.98 Å². The highest BCUT2D eigenvalue weighted by atomic mass is 32.1. The predicted molar refractivity (Wildman–Crippen MR) is 76.8 cm³/mol. The molecular formula is C13H15N3O2S. The van der Waals surface area contributed by atoms with Crippen molar-refractivity contribution >= 4 is 22.7 Å². The molecular weight excluding hydrogens is 262 g/mol. The topological polar surface area (TPSA) is 59.3 Å². The lowest BCUT2D eigenvalue weighted by atomic mass is 10.2. The first-order chi connectivity index (χ1) is 8.97. The third-order valence-corrected chi connectivity index (χ3v) is 3.73. The molecule has 0 aliphatic heterocycles. The van der Waals surface area contributed by atoms with Crippen molar-refractivity contribution in [3.63, 3.8) is 0 Å². The Labute approximate surface area is 115 Å². The minimum atomic E-state index is -0.341. The molecule has 0 amide bonds. The molecule has 6 heteroatoms. The van der Waals surface area contributed by atoms with Crippen molar-refractivity contribution < 1.29 is 4.92 Å². The molecule has 0 spiro atoms. The maximum Gasteiger partial charge on any atom is 0.292 e. The van der Waals surface area contributed by atoms with Gasteiger partial charge < -0.3 is 4.90 Å². The molecule has 100 valence electrons. The predicted octanol–water partition coefficient (Wildman–Crippen LogP) is 3.30. The summed E-state index contributed by atoms with van der Waals surface area (Å²) in [5.74, 6) is 0. The molecule has 0 unspecified atom stereocenters. The van der Waals surface area contributed by atoms with Crippen molar-refractivity contribution in [2.45, 2.75) is 20.4 Å². The molecule has 0 aliphatic carbocycles. The van der Waals surface area contributed by atoms with Crippen LogP contribution in [0.3, 0.4) is 0 Å². The molecule has 0 N–H and O–H groups in total. The van der Waals surface area contributed by atoms with Crippen LogP contribution in [0.5, 0.6) is 0 Å². The molecule has 0 aliphatic rings. The van der Waals surface area contributed by atoms with E-state index in [2.05, 4.69) is 4.98 Å². The van der Waals surface area contributed by atoms with Crippen molar-refractivity contribution in [1.29, 1.82) is 0 Å². The number of aromatic nitrogens is 1. The Morgan fingerprint density at radius 2 is 2.16 bits per heavy atom. The number of nitrogens with zero attached hydrogens (tertiary/aromatic N) is 3. The average Bonchev–Trinajstić information content (AvgIpc) is 2.74. The van der Waals surface area contributed by atoms with E-state index in [0.29, 0.717) is 12.2 Å². The quantitative estimate of drug-likeness (QED) is 0.635. The molecule has 5 nitrogen and oxygen atoms in total. The van der Waals surface area contributed by atoms with Crippen LogP contribution in [0, 0.1) is 24.0 Å². The number of nitro groups is 1. The van der Waals surface area contributed by atoms with E-state index in [4.69, 9.17) is 0 Å². The Morgan fingerprint density at radius 3 is 2.74 bits per heavy atom. The second-order valence-corrected chi connectivity index (χ2v) is 5.43. The molecule has 0 atom stereocenters. The summed E-state index contributed by atoms with van der Waals surface area (Å²) in [6, 6.07) is 5.26. The van der Waals surface area contributed by atoms with E-state index in [1.54, 1.807) is 23.5 Å². The molecule has 0 bridgehead atoms. The zero-order valence-corrected chi connectivity index (χ0v) is 11.9. The highest BCUT2D eigenvalue weighted by Gasteiger charge is 2.17. The van der Waals surface area contributed by atoms with E-state index in [0.717, 1.165) is 16.3 Å². The summed E-state index contributed by atoms with van der Waals surface area (Å²) in [5, 5.41) is 14.0. The van der Waals surface area contributed by atoms with Crippen molar-refractivity contribution in [2.75, 3.05) is 11.9 Å². The Bertz CT molecular complexity index is 610. The summed E-state index contributed by atoms with van der Waals surface area (Å²) in [5.41, 5.74) is 2.61. The molecule has 0 saturated carbocycles. The van der Waals surface area contributed by atoms with Gasteiger partial charge in [0.15, 0.2) is 0 Å². The maximum atomic E-state index is 11.1. The van der Waals surface area contributed by atoms with E-state index in [-0.39, 0.29) is 10.6 Å². The summed E-state index contributed by atoms with van der Waals surface area (Å²) in [7, 11) is 1.84. The van der Waals surface area contributed by atoms with Gasteiger partial charge in [-0.3, -0.25) is 10.1 Å². The lowest BCUT2D eigenvalue weighted by molar-refractivity contribution is -0.384. The first-order valence-corrected chi connectivity index (χ1v) is 6.72. The monoisotopic (exact) mass is 277 g/mol. The fourth-order valence-electron chi connectivity index (χ4n) is 1.87. The van der Waals surface area contributed by atoms with Crippen LogP contribution >= 0.6 is 11.3 Å². The largest absolute Gasteiger partial charge is 0.362 e. The van der Waals surface area contributed by atoms with Gasteiger partial charge >= 0.3 is 0 Å². The highest BCUT2D eigenvalue weighted by Crippen LogP contribution is 2.29. The molecule has 19 heavy (non-hydrogen) atoms. The smallest absolute Gasteiger partial charge is 0.292 e. The van der Waals surface area contributed by atoms with E-state index < -0.39 is 0 Å². The fraction of sp³-hybridized carbons (Fsp3) is 0.308. The SMILES string of the molecule is Cc1ccc(N(C)Cc2nc(C)cs2)c([N+](=O)[O-])c1. The first-order valence-electron chi connectivity index (χ1n) is 5.84. The zero-order valence-electron chi connectivity index (χ0n) is 11.1. The zero-order chi connectivity index (χ0) is 14.0. The van der Waals surface area contributed by atoms with Gasteiger partial charge in [-0.2, -0.15) is 0 Å². The summed E-state index contributed by atoms with van der Waals surface area (Å²) in [6.45, 7) is 4.36. The van der Waals surface area contributed by atoms with Crippen molar-refractivity contribution in [3.05, 3.63) is 50.0 Å². The second-order valence-electron chi connectivity index (χ2n) is 4.49. The Hall–Kier alpha value is -1.95. The Kier molecular flexibility index (Phi) is 3.80. The van der Waals surface area contributed by atoms with Gasteiger partial charge in [0, 0.05) is 24.2 Å². The number of thiazole rings is 1. The van der Waals surface area contributed by atoms with Crippen molar-refractivity contribution in [2.24, 2.45) is 0 Å². The minimum absolute atomic E-state index is 0.135. The van der Waals surface area contributed by atoms with E-state index in [1.807, 2.05) is 37.2 Å². The molecule has 2 rings (SSSR count). The van der Waals surface area contributed by atoms with Gasteiger partial charge in [0.05, 0.1) is 11.5 Å². The molecule has 1 aromatic carbocycles. The average molecular weight is 277 g/mol. The van der Waals surface area contributed by atoms with Gasteiger partial charge in [0.1, 0.15) is 10.7 Å². The van der Waals surface area contributed by atoms with Gasteiger partial charge in [-0.15, -0.1) is 11.3 Å². The van der Waals surface area contributed by atoms with Crippen LogP contribution in [0.1, 0.15) is 16.3 Å². The minimum Gasteiger partial charge on any atom is -0.362 e. The summed E-state index contributed by atoms with van der Waals surface area (Å²) < 4.78 is 0. The number of benzene rings is 1. The van der Waals surface area contributed by atoms with Gasteiger partial charge in [-0.05, 0) is 25.5 Å². The first kappa shape index (κ1) is 13.5. The van der Waals surface area contributed by atoms with Crippen LogP contribution < -0.4 is 4.90 Å². The molecule has 0 saturated heterocycles. The fourth-order valence-corrected chi connectivity index (χ4v) is 2.69. The normalized spacial score (nSPS) is 10.5. The van der Waals surface area contributed by atoms with Crippen LogP contribution in [0.15, 0.2) is 23.6 Å². The molecule has 0 fully saturated rings. The number of hydrogen-bond acceptors (Lipinski definition) is 5. The number of anilines is 1. The summed E-state index contributed by atoms with van der Waals surface area (Å²) >= 11 is 1.57. The summed E-state index contributed by atoms with van der Waals surface area (Å²) in [6.07, 6.45) is 0.